The van der Waals surface area contributed by atoms with Crippen LogP contribution in [0.25, 0.3) is 5.69 Å². The maximum Gasteiger partial charge on any atom is 0.248 e. The summed E-state index contributed by atoms with van der Waals surface area (Å²) in [7, 11) is 0. The second kappa shape index (κ2) is 14.1. The zero-order chi connectivity index (χ0) is 30.3. The third kappa shape index (κ3) is 8.37. The number of carbonyl (C=O) groups is 3. The van der Waals surface area contributed by atoms with Crippen molar-refractivity contribution in [2.75, 3.05) is 18.5 Å². The molecule has 41 heavy (non-hydrogen) atoms. The number of halogens is 3. The highest BCUT2D eigenvalue weighted by atomic mass is 79.9. The molecule has 0 radical (unpaired) electrons. The lowest BCUT2D eigenvalue weighted by Gasteiger charge is -2.40. The lowest BCUT2D eigenvalue weighted by molar-refractivity contribution is -0.140. The third-order valence-corrected chi connectivity index (χ3v) is 7.30. The summed E-state index contributed by atoms with van der Waals surface area (Å²) in [6.45, 7) is 4.86. The van der Waals surface area contributed by atoms with Crippen LogP contribution in [-0.4, -0.2) is 61.8 Å². The summed E-state index contributed by atoms with van der Waals surface area (Å²) in [5.41, 5.74) is 7.37. The molecule has 0 fully saturated rings. The number of aromatic nitrogens is 2. The van der Waals surface area contributed by atoms with Gasteiger partial charge in [0.2, 0.25) is 5.91 Å². The molecule has 0 unspecified atom stereocenters. The Balaban J connectivity index is 2.10. The van der Waals surface area contributed by atoms with Crippen molar-refractivity contribution in [2.45, 2.75) is 52.1 Å². The molecule has 8 nitrogen and oxygen atoms in total. The van der Waals surface area contributed by atoms with E-state index < -0.39 is 47.4 Å². The molecule has 0 aliphatic rings. The van der Waals surface area contributed by atoms with E-state index in [9.17, 15) is 28.3 Å². The van der Waals surface area contributed by atoms with Gasteiger partial charge < -0.3 is 15.7 Å². The topological polar surface area (TPSA) is 119 Å². The van der Waals surface area contributed by atoms with Crippen LogP contribution in [0, 0.1) is 17.0 Å². The van der Waals surface area contributed by atoms with Gasteiger partial charge in [0.05, 0.1) is 29.5 Å². The third-order valence-electron chi connectivity index (χ3n) is 6.68. The molecular formula is C30H35BrF2N4O4. The quantitative estimate of drug-likeness (QED) is 0.214. The number of rotatable bonds is 13. The van der Waals surface area contributed by atoms with E-state index in [2.05, 4.69) is 21.0 Å². The molecule has 3 rings (SSSR count). The van der Waals surface area contributed by atoms with E-state index in [4.69, 9.17) is 5.73 Å². The summed E-state index contributed by atoms with van der Waals surface area (Å²) in [6.07, 6.45) is 1.71. The van der Waals surface area contributed by atoms with Gasteiger partial charge in [-0.3, -0.25) is 14.4 Å². The van der Waals surface area contributed by atoms with Crippen molar-refractivity contribution in [3.63, 3.8) is 0 Å². The number of aliphatic hydroxyl groups excluding tert-OH is 1. The maximum absolute atomic E-state index is 14.8. The summed E-state index contributed by atoms with van der Waals surface area (Å²) < 4.78 is 30.2. The molecule has 0 spiro atoms. The summed E-state index contributed by atoms with van der Waals surface area (Å²) >= 11 is 3.03. The first kappa shape index (κ1) is 32.2. The molecule has 220 valence electrons. The smallest absolute Gasteiger partial charge is 0.248 e. The summed E-state index contributed by atoms with van der Waals surface area (Å²) in [4.78, 5) is 38.8. The zero-order valence-electron chi connectivity index (χ0n) is 23.3. The van der Waals surface area contributed by atoms with Crippen LogP contribution in [0.4, 0.5) is 8.78 Å². The Hall–Kier alpha value is -3.28. The number of hydrogen-bond donors (Lipinski definition) is 2. The minimum Gasteiger partial charge on any atom is -0.387 e. The van der Waals surface area contributed by atoms with Gasteiger partial charge in [-0.05, 0) is 29.5 Å². The van der Waals surface area contributed by atoms with Crippen molar-refractivity contribution < 1.29 is 28.3 Å². The Morgan fingerprint density at radius 3 is 2.41 bits per heavy atom. The molecule has 0 bridgehead atoms. The Bertz CT molecular complexity index is 1370. The van der Waals surface area contributed by atoms with Gasteiger partial charge in [0.1, 0.15) is 23.9 Å². The van der Waals surface area contributed by atoms with Gasteiger partial charge in [-0.2, -0.15) is 5.10 Å². The number of amides is 1. The molecule has 0 saturated carbocycles. The predicted molar refractivity (Wildman–Crippen MR) is 155 cm³/mol. The van der Waals surface area contributed by atoms with Crippen LogP contribution in [0.15, 0.2) is 54.7 Å². The molecule has 3 aromatic rings. The van der Waals surface area contributed by atoms with E-state index >= 15 is 0 Å². The number of nitrogens with two attached hydrogens (primary N) is 1. The number of hydrogen-bond acceptors (Lipinski definition) is 6. The monoisotopic (exact) mass is 632 g/mol. The van der Waals surface area contributed by atoms with Gasteiger partial charge in [0.25, 0.3) is 0 Å². The van der Waals surface area contributed by atoms with E-state index in [1.54, 1.807) is 6.20 Å². The number of ketones is 2. The molecule has 0 aliphatic carbocycles. The van der Waals surface area contributed by atoms with Crippen molar-refractivity contribution in [3.8, 4) is 5.69 Å². The lowest BCUT2D eigenvalue weighted by atomic mass is 9.81. The molecule has 1 aromatic heterocycles. The highest BCUT2D eigenvalue weighted by Crippen LogP contribution is 2.40. The van der Waals surface area contributed by atoms with Crippen molar-refractivity contribution in [3.05, 3.63) is 83.2 Å². The number of nitrogens with zero attached hydrogens (tertiary/aromatic N) is 3. The van der Waals surface area contributed by atoms with Crippen LogP contribution in [-0.2, 0) is 20.8 Å². The standard InChI is InChI=1S/C30H35BrF2N4O4/c1-30(2,3)29(36(27(41)18-38)12-11-24(34)26(40)15-22(39)16-31)28-20(13-19-7-5-4-6-8-19)17-37(35-28)25-14-21(32)9-10-23(25)33/h4-10,14,17,24,29,38H,11-13,15-16,18,34H2,1-3H3/t24-,29-/m0/s1. The average Bonchev–Trinajstić information content (AvgIpc) is 3.33. The molecule has 1 amide bonds. The highest BCUT2D eigenvalue weighted by Gasteiger charge is 2.38. The molecule has 0 aliphatic heterocycles. The fourth-order valence-corrected chi connectivity index (χ4v) is 4.91. The van der Waals surface area contributed by atoms with E-state index in [0.717, 1.165) is 23.8 Å². The Morgan fingerprint density at radius 1 is 1.12 bits per heavy atom. The van der Waals surface area contributed by atoms with Crippen molar-refractivity contribution >= 4 is 33.4 Å². The largest absolute Gasteiger partial charge is 0.387 e. The fourth-order valence-electron chi connectivity index (χ4n) is 4.72. The Morgan fingerprint density at radius 2 is 1.80 bits per heavy atom. The molecule has 0 saturated heterocycles. The predicted octanol–water partition coefficient (Wildman–Crippen LogP) is 4.29. The van der Waals surface area contributed by atoms with Crippen molar-refractivity contribution in [2.24, 2.45) is 11.1 Å². The molecule has 11 heteroatoms. The van der Waals surface area contributed by atoms with Crippen LogP contribution < -0.4 is 5.73 Å². The number of benzene rings is 2. The molecule has 2 atom stereocenters. The maximum atomic E-state index is 14.8. The fraction of sp³-hybridized carbons (Fsp3) is 0.400. The van der Waals surface area contributed by atoms with E-state index in [0.29, 0.717) is 17.7 Å². The van der Waals surface area contributed by atoms with Crippen molar-refractivity contribution in [1.29, 1.82) is 0 Å². The summed E-state index contributed by atoms with van der Waals surface area (Å²) in [6, 6.07) is 10.8. The second-order valence-corrected chi connectivity index (χ2v) is 11.5. The van der Waals surface area contributed by atoms with Gasteiger partial charge in [0, 0.05) is 30.8 Å². The summed E-state index contributed by atoms with van der Waals surface area (Å²) in [5.74, 6) is -2.68. The van der Waals surface area contributed by atoms with E-state index in [-0.39, 0.29) is 36.2 Å². The minimum absolute atomic E-state index is 0.0112. The average molecular weight is 634 g/mol. The molecule has 1 heterocycles. The minimum atomic E-state index is -1.00. The van der Waals surface area contributed by atoms with E-state index in [1.807, 2.05) is 51.1 Å². The first-order chi connectivity index (χ1) is 19.3. The number of alkyl halides is 1. The van der Waals surface area contributed by atoms with Crippen LogP contribution >= 0.6 is 15.9 Å². The number of aliphatic hydroxyl groups is 1. The van der Waals surface area contributed by atoms with Crippen molar-refractivity contribution in [1.82, 2.24) is 14.7 Å². The Labute approximate surface area is 246 Å². The SMILES string of the molecule is CC(C)(C)[C@H](c1nn(-c2cc(F)ccc2F)cc1Cc1ccccc1)N(CC[C@H](N)C(=O)CC(=O)CBr)C(=O)CO. The van der Waals surface area contributed by atoms with Crippen LogP contribution in [0.3, 0.4) is 0 Å². The first-order valence-corrected chi connectivity index (χ1v) is 14.3. The zero-order valence-corrected chi connectivity index (χ0v) is 24.9. The molecular weight excluding hydrogens is 598 g/mol. The van der Waals surface area contributed by atoms with Gasteiger partial charge >= 0.3 is 0 Å². The van der Waals surface area contributed by atoms with Gasteiger partial charge in [-0.1, -0.05) is 67.0 Å². The number of carbonyl (C=O) groups excluding carboxylic acids is 3. The van der Waals surface area contributed by atoms with Crippen LogP contribution in [0.1, 0.15) is 56.5 Å². The second-order valence-electron chi connectivity index (χ2n) is 11.0. The molecule has 2 aromatic carbocycles. The van der Waals surface area contributed by atoms with Gasteiger partial charge in [-0.25, -0.2) is 13.5 Å². The first-order valence-electron chi connectivity index (χ1n) is 13.2. The highest BCUT2D eigenvalue weighted by molar-refractivity contribution is 9.09. The van der Waals surface area contributed by atoms with E-state index in [1.165, 1.54) is 9.58 Å². The number of Topliss-reactive ketones (excluding diaryl/α,β-unsaturated/α-hetero) is 2. The normalized spacial score (nSPS) is 13.1. The van der Waals surface area contributed by atoms with Crippen LogP contribution in [0.2, 0.25) is 0 Å². The molecule has 3 N–H and O–H groups in total. The van der Waals surface area contributed by atoms with Crippen LogP contribution in [0.5, 0.6) is 0 Å². The van der Waals surface area contributed by atoms with Gasteiger partial charge in [0.15, 0.2) is 11.6 Å². The summed E-state index contributed by atoms with van der Waals surface area (Å²) in [5, 5.41) is 14.6. The Kier molecular flexibility index (Phi) is 11.1. The lowest BCUT2D eigenvalue weighted by Crippen LogP contribution is -2.46. The van der Waals surface area contributed by atoms with Gasteiger partial charge in [-0.15, -0.1) is 0 Å².